The van der Waals surface area contributed by atoms with Gasteiger partial charge in [0.05, 0.1) is 30.0 Å². The van der Waals surface area contributed by atoms with Gasteiger partial charge in [-0.3, -0.25) is 19.3 Å². The van der Waals surface area contributed by atoms with Crippen LogP contribution in [0.1, 0.15) is 61.4 Å². The molecule has 0 spiro atoms. The van der Waals surface area contributed by atoms with Crippen LogP contribution in [-0.4, -0.2) is 74.6 Å². The molecule has 0 aromatic heterocycles. The number of halogens is 3. The lowest BCUT2D eigenvalue weighted by molar-refractivity contribution is -0.187. The van der Waals surface area contributed by atoms with Crippen LogP contribution in [0.5, 0.6) is 0 Å². The van der Waals surface area contributed by atoms with Crippen LogP contribution in [0.25, 0.3) is 6.08 Å². The monoisotopic (exact) mass is 707 g/mol. The summed E-state index contributed by atoms with van der Waals surface area (Å²) in [6, 6.07) is 17.0. The summed E-state index contributed by atoms with van der Waals surface area (Å²) in [5.41, 5.74) is 1.21. The van der Waals surface area contributed by atoms with Gasteiger partial charge in [0.25, 0.3) is 0 Å². The number of cyclic esters (lactones) is 1. The largest absolute Gasteiger partial charge is 0.479 e. The molecule has 2 aliphatic heterocycles. The zero-order valence-corrected chi connectivity index (χ0v) is 27.9. The summed E-state index contributed by atoms with van der Waals surface area (Å²) < 4.78 is 52.5. The van der Waals surface area contributed by atoms with Crippen molar-refractivity contribution in [2.75, 3.05) is 6.61 Å². The van der Waals surface area contributed by atoms with E-state index in [9.17, 15) is 42.3 Å². The van der Waals surface area contributed by atoms with E-state index in [1.807, 2.05) is 0 Å². The van der Waals surface area contributed by atoms with E-state index in [0.717, 1.165) is 28.0 Å². The van der Waals surface area contributed by atoms with Gasteiger partial charge in [-0.25, -0.2) is 9.59 Å². The Morgan fingerprint density at radius 2 is 1.61 bits per heavy atom. The number of carboxylic acids is 1. The third-order valence-corrected chi connectivity index (χ3v) is 8.74. The van der Waals surface area contributed by atoms with Gasteiger partial charge in [-0.1, -0.05) is 91.0 Å². The summed E-state index contributed by atoms with van der Waals surface area (Å²) >= 11 is 0. The molecule has 51 heavy (non-hydrogen) atoms. The first-order valence-corrected chi connectivity index (χ1v) is 15.9. The minimum Gasteiger partial charge on any atom is -0.479 e. The van der Waals surface area contributed by atoms with Gasteiger partial charge in [-0.05, 0) is 43.5 Å². The lowest BCUT2D eigenvalue weighted by atomic mass is 9.70. The number of rotatable bonds is 11. The number of esters is 1. The Morgan fingerprint density at radius 1 is 0.980 bits per heavy atom. The van der Waals surface area contributed by atoms with Gasteiger partial charge in [0.2, 0.25) is 11.8 Å². The Labute approximate surface area is 291 Å². The second kappa shape index (κ2) is 13.9. The molecule has 0 aliphatic carbocycles. The first-order valence-electron chi connectivity index (χ1n) is 15.9. The second-order valence-corrected chi connectivity index (χ2v) is 13.3. The number of carbonyl (C=O) groups is 5. The molecular weight excluding hydrogens is 671 g/mol. The van der Waals surface area contributed by atoms with Crippen LogP contribution in [0.2, 0.25) is 0 Å². The predicted molar refractivity (Wildman–Crippen MR) is 176 cm³/mol. The van der Waals surface area contributed by atoms with Crippen molar-refractivity contribution in [2.24, 2.45) is 5.73 Å². The number of alkyl halides is 3. The van der Waals surface area contributed by atoms with Gasteiger partial charge >= 0.3 is 24.2 Å². The van der Waals surface area contributed by atoms with Crippen molar-refractivity contribution in [1.82, 2.24) is 9.80 Å². The molecule has 2 fully saturated rings. The molecule has 5 rings (SSSR count). The van der Waals surface area contributed by atoms with Crippen LogP contribution in [0.4, 0.5) is 18.0 Å². The molecule has 3 N–H and O–H groups in total. The Hall–Kier alpha value is -5.66. The number of aliphatic carboxylic acids is 1. The third-order valence-electron chi connectivity index (χ3n) is 8.74. The molecule has 11 nitrogen and oxygen atoms in total. The minimum absolute atomic E-state index is 0.141. The lowest BCUT2D eigenvalue weighted by Crippen LogP contribution is -2.79. The van der Waals surface area contributed by atoms with E-state index in [-0.39, 0.29) is 6.61 Å². The molecule has 3 aromatic carbocycles. The topological polar surface area (TPSA) is 157 Å². The number of β-lactam (4-membered cyclic amide) rings is 1. The van der Waals surface area contributed by atoms with Crippen molar-refractivity contribution in [3.05, 3.63) is 113 Å². The van der Waals surface area contributed by atoms with E-state index in [1.165, 1.54) is 26.8 Å². The van der Waals surface area contributed by atoms with Crippen molar-refractivity contribution in [2.45, 2.75) is 68.6 Å². The molecule has 2 saturated heterocycles. The van der Waals surface area contributed by atoms with E-state index in [4.69, 9.17) is 15.2 Å². The molecule has 0 radical (unpaired) electrons. The molecule has 3 amide bonds. The summed E-state index contributed by atoms with van der Waals surface area (Å²) in [4.78, 5) is 70.5. The number of hydrogen-bond donors (Lipinski definition) is 2. The summed E-state index contributed by atoms with van der Waals surface area (Å²) in [6.07, 6.45) is -3.98. The van der Waals surface area contributed by atoms with Crippen molar-refractivity contribution in [3.63, 3.8) is 0 Å². The van der Waals surface area contributed by atoms with Gasteiger partial charge in [-0.2, -0.15) is 13.2 Å². The molecule has 2 aliphatic rings. The standard InChI is InChI=1S/C37H36F3N3O8/c1-35(2,3)51-28(44)20-36(33(47)48,29(31(41)45)24-15-10-16-25(19-24)37(38,39)40)43-26(18-17-22-11-6-4-7-12-22)30(32(43)46)42-27(21-50-34(42)49)23-13-8-5-9-14-23/h4-19,26-27,29-30H,20-21H2,1-3H3,(H2,41,45)(H,47,48)/t26?,27-,29+,30?,36?/m1/s1. The zero-order chi connectivity index (χ0) is 37.3. The number of nitrogens with zero attached hydrogens (tertiary/aromatic N) is 2. The SMILES string of the molecule is CC(C)(C)OC(=O)CC(C(=O)O)([C@H](C(N)=O)c1cccc(C(F)(F)F)c1)N1C(=O)C(N2C(=O)OC[C@@H]2c2ccccc2)C1C=Cc1ccccc1. The molecule has 14 heteroatoms. The van der Waals surface area contributed by atoms with Gasteiger partial charge in [0.15, 0.2) is 5.54 Å². The van der Waals surface area contributed by atoms with Crippen LogP contribution in [0.15, 0.2) is 91.0 Å². The van der Waals surface area contributed by atoms with Crippen LogP contribution >= 0.6 is 0 Å². The summed E-state index contributed by atoms with van der Waals surface area (Å²) in [5.74, 6) is -7.74. The highest BCUT2D eigenvalue weighted by Crippen LogP contribution is 2.48. The van der Waals surface area contributed by atoms with E-state index >= 15 is 0 Å². The maximum atomic E-state index is 14.6. The Balaban J connectivity index is 1.74. The van der Waals surface area contributed by atoms with E-state index in [0.29, 0.717) is 17.2 Å². The lowest BCUT2D eigenvalue weighted by Gasteiger charge is -2.57. The molecule has 0 bridgehead atoms. The van der Waals surface area contributed by atoms with Crippen LogP contribution < -0.4 is 5.73 Å². The smallest absolute Gasteiger partial charge is 0.416 e. The predicted octanol–water partition coefficient (Wildman–Crippen LogP) is 5.32. The number of carboxylic acid groups (broad SMARTS) is 1. The number of hydrogen-bond acceptors (Lipinski definition) is 7. The van der Waals surface area contributed by atoms with E-state index < -0.39 is 88.8 Å². The number of carbonyl (C=O) groups excluding carboxylic acids is 4. The van der Waals surface area contributed by atoms with Crippen molar-refractivity contribution >= 4 is 35.9 Å². The van der Waals surface area contributed by atoms with Gasteiger partial charge in [0, 0.05) is 0 Å². The van der Waals surface area contributed by atoms with Gasteiger partial charge < -0.3 is 25.2 Å². The number of likely N-dealkylation sites (tertiary alicyclic amines) is 1. The number of amides is 3. The fourth-order valence-electron chi connectivity index (χ4n) is 6.67. The van der Waals surface area contributed by atoms with Crippen molar-refractivity contribution < 1.29 is 51.7 Å². The molecule has 3 unspecified atom stereocenters. The number of benzene rings is 3. The molecule has 268 valence electrons. The van der Waals surface area contributed by atoms with Crippen LogP contribution in [0.3, 0.4) is 0 Å². The Kier molecular flexibility index (Phi) is 10.00. The Bertz CT molecular complexity index is 1840. The quantitative estimate of drug-likeness (QED) is 0.201. The van der Waals surface area contributed by atoms with Gasteiger partial charge in [-0.15, -0.1) is 0 Å². The Morgan fingerprint density at radius 3 is 2.18 bits per heavy atom. The highest BCUT2D eigenvalue weighted by Gasteiger charge is 2.67. The average Bonchev–Trinajstić information content (AvgIpc) is 3.42. The summed E-state index contributed by atoms with van der Waals surface area (Å²) in [7, 11) is 0. The maximum Gasteiger partial charge on any atom is 0.416 e. The minimum atomic E-state index is -4.91. The fourth-order valence-corrected chi connectivity index (χ4v) is 6.67. The van der Waals surface area contributed by atoms with E-state index in [1.54, 1.807) is 66.7 Å². The highest BCUT2D eigenvalue weighted by molar-refractivity contribution is 6.04. The summed E-state index contributed by atoms with van der Waals surface area (Å²) in [5, 5.41) is 11.1. The number of nitrogens with two attached hydrogens (primary N) is 1. The second-order valence-electron chi connectivity index (χ2n) is 13.3. The van der Waals surface area contributed by atoms with E-state index in [2.05, 4.69) is 0 Å². The molecule has 0 saturated carbocycles. The third kappa shape index (κ3) is 7.30. The van der Waals surface area contributed by atoms with Crippen molar-refractivity contribution in [1.29, 1.82) is 0 Å². The molecular formula is C37H36F3N3O8. The normalized spacial score (nSPS) is 21.1. The maximum absolute atomic E-state index is 14.6. The van der Waals surface area contributed by atoms with Crippen LogP contribution in [-0.2, 0) is 34.8 Å². The van der Waals surface area contributed by atoms with Gasteiger partial charge in [0.1, 0.15) is 18.2 Å². The molecule has 3 aromatic rings. The molecule has 5 atom stereocenters. The number of ether oxygens (including phenoxy) is 2. The van der Waals surface area contributed by atoms with Crippen molar-refractivity contribution in [3.8, 4) is 0 Å². The highest BCUT2D eigenvalue weighted by atomic mass is 19.4. The first-order chi connectivity index (χ1) is 24.0. The fraction of sp³-hybridized carbons (Fsp3) is 0.324. The summed E-state index contributed by atoms with van der Waals surface area (Å²) in [6.45, 7) is 4.37. The first kappa shape index (κ1) is 36.6. The van der Waals surface area contributed by atoms with Crippen LogP contribution in [0, 0.1) is 0 Å². The average molecular weight is 708 g/mol. The number of primary amides is 1. The molecule has 2 heterocycles. The zero-order valence-electron chi connectivity index (χ0n) is 27.9.